The van der Waals surface area contributed by atoms with Gasteiger partial charge in [0.1, 0.15) is 12.1 Å². The number of benzene rings is 3. The van der Waals surface area contributed by atoms with E-state index in [1.165, 1.54) is 11.0 Å². The summed E-state index contributed by atoms with van der Waals surface area (Å²) in [6, 6.07) is 22.4. The molecule has 0 aliphatic carbocycles. The van der Waals surface area contributed by atoms with Crippen molar-refractivity contribution in [1.82, 2.24) is 19.8 Å². The van der Waals surface area contributed by atoms with Gasteiger partial charge in [0, 0.05) is 52.6 Å². The normalized spacial score (nSPS) is 16.5. The largest absolute Gasteiger partial charge is 0.332 e. The maximum Gasteiger partial charge on any atom is 0.259 e. The summed E-state index contributed by atoms with van der Waals surface area (Å²) in [6.45, 7) is 5.60. The van der Waals surface area contributed by atoms with Gasteiger partial charge in [0.05, 0.1) is 0 Å². The Kier molecular flexibility index (Phi) is 12.1. The maximum atomic E-state index is 14.6. The van der Waals surface area contributed by atoms with Crippen LogP contribution in [0.4, 0.5) is 0 Å². The quantitative estimate of drug-likeness (QED) is 0.264. The fourth-order valence-corrected chi connectivity index (χ4v) is 5.97. The fraction of sp³-hybridized carbons (Fsp3) is 0.447. The first kappa shape index (κ1) is 34.9. The molecule has 0 saturated carbocycles. The van der Waals surface area contributed by atoms with Gasteiger partial charge >= 0.3 is 0 Å². The summed E-state index contributed by atoms with van der Waals surface area (Å²) >= 11 is 0. The molecule has 1 aliphatic rings. The smallest absolute Gasteiger partial charge is 0.259 e. The van der Waals surface area contributed by atoms with E-state index in [2.05, 4.69) is 17.1 Å². The average molecular weight is 626 g/mol. The molecule has 3 atom stereocenters. The predicted octanol–water partition coefficient (Wildman–Crippen LogP) is 5.21. The first-order chi connectivity index (χ1) is 22.0. The zero-order valence-electron chi connectivity index (χ0n) is 28.2. The molecule has 0 bridgehead atoms. The van der Waals surface area contributed by atoms with Gasteiger partial charge in [-0.05, 0) is 60.6 Å². The van der Waals surface area contributed by atoms with Gasteiger partial charge in [-0.2, -0.15) is 0 Å². The topological polar surface area (TPSA) is 90.2 Å². The van der Waals surface area contributed by atoms with Crippen LogP contribution in [0.25, 0.3) is 10.8 Å². The van der Waals surface area contributed by atoms with Crippen molar-refractivity contribution >= 4 is 28.5 Å². The van der Waals surface area contributed by atoms with Crippen molar-refractivity contribution in [1.29, 1.82) is 0 Å². The molecule has 1 aliphatic heterocycles. The molecule has 2 N–H and O–H groups in total. The van der Waals surface area contributed by atoms with Crippen molar-refractivity contribution < 1.29 is 14.4 Å². The number of piperidine rings is 1. The molecule has 0 spiro atoms. The number of carbonyl (C=O) groups excluding carboxylic acids is 3. The summed E-state index contributed by atoms with van der Waals surface area (Å²) < 4.78 is 0. The molecule has 3 aromatic carbocycles. The van der Waals surface area contributed by atoms with Gasteiger partial charge in [-0.1, -0.05) is 92.2 Å². The van der Waals surface area contributed by atoms with Gasteiger partial charge in [0.2, 0.25) is 11.8 Å². The minimum Gasteiger partial charge on any atom is -0.332 e. The van der Waals surface area contributed by atoms with Crippen LogP contribution >= 0.6 is 0 Å². The Hall–Kier alpha value is -4.01. The van der Waals surface area contributed by atoms with Crippen LogP contribution in [-0.2, 0) is 27.2 Å². The maximum absolute atomic E-state index is 14.6. The molecule has 1 fully saturated rings. The van der Waals surface area contributed by atoms with E-state index in [9.17, 15) is 14.4 Å². The number of hydrogen-bond donors (Lipinski definition) is 1. The van der Waals surface area contributed by atoms with Crippen molar-refractivity contribution in [3.05, 3.63) is 96.1 Å². The molecule has 8 nitrogen and oxygen atoms in total. The van der Waals surface area contributed by atoms with Gasteiger partial charge < -0.3 is 15.5 Å². The minimum absolute atomic E-state index is 0.137. The second kappa shape index (κ2) is 16.0. The number of amides is 3. The van der Waals surface area contributed by atoms with E-state index in [1.807, 2.05) is 74.5 Å². The number of hydrazine groups is 1. The fourth-order valence-electron chi connectivity index (χ4n) is 5.97. The highest BCUT2D eigenvalue weighted by molar-refractivity contribution is 5.95. The highest BCUT2D eigenvalue weighted by atomic mass is 16.2. The van der Waals surface area contributed by atoms with Crippen molar-refractivity contribution in [3.63, 3.8) is 0 Å². The zero-order chi connectivity index (χ0) is 33.3. The van der Waals surface area contributed by atoms with Crippen molar-refractivity contribution in [3.8, 4) is 0 Å². The number of hydrogen-bond acceptors (Lipinski definition) is 5. The Morgan fingerprint density at radius 1 is 0.804 bits per heavy atom. The van der Waals surface area contributed by atoms with Crippen molar-refractivity contribution in [2.75, 3.05) is 34.2 Å². The lowest BCUT2D eigenvalue weighted by atomic mass is 9.96. The summed E-state index contributed by atoms with van der Waals surface area (Å²) in [6.07, 6.45) is 8.52. The average Bonchev–Trinajstić information content (AvgIpc) is 3.08. The van der Waals surface area contributed by atoms with E-state index in [0.717, 1.165) is 60.7 Å². The van der Waals surface area contributed by atoms with Crippen LogP contribution in [0.5, 0.6) is 0 Å². The molecule has 8 heteroatoms. The molecule has 2 unspecified atom stereocenters. The van der Waals surface area contributed by atoms with Gasteiger partial charge in [-0.3, -0.25) is 19.4 Å². The third-order valence-electron chi connectivity index (χ3n) is 9.44. The molecule has 0 aromatic heterocycles. The Labute approximate surface area is 274 Å². The third kappa shape index (κ3) is 9.04. The number of carbonyl (C=O) groups is 3. The van der Waals surface area contributed by atoms with Gasteiger partial charge in [-0.15, -0.1) is 0 Å². The lowest BCUT2D eigenvalue weighted by molar-refractivity contribution is -0.158. The van der Waals surface area contributed by atoms with Crippen LogP contribution in [-0.4, -0.2) is 89.4 Å². The Morgan fingerprint density at radius 3 is 2.09 bits per heavy atom. The van der Waals surface area contributed by atoms with E-state index >= 15 is 0 Å². The standard InChI is InChI=1S/C38H51N5O3/c1-6-38(2,39)23-15-20-35(44)40(3)33(28-30-21-22-31-18-11-12-19-32(31)26-30)36(45)41(4)34(27-29-16-9-7-10-17-29)37(46)42(5)43-24-13-8-14-25-43/h7,9-12,15-22,26,33-34H,6,8,13-14,23-25,27-28,39H2,1-5H3/b20-15+/t33-,34?,38?/m1/s1. The number of nitrogens with two attached hydrogens (primary N) is 1. The second-order valence-electron chi connectivity index (χ2n) is 13.0. The van der Waals surface area contributed by atoms with Crippen molar-refractivity contribution in [2.24, 2.45) is 5.73 Å². The van der Waals surface area contributed by atoms with Crippen LogP contribution in [0, 0.1) is 0 Å². The minimum atomic E-state index is -0.829. The van der Waals surface area contributed by atoms with E-state index in [4.69, 9.17) is 5.73 Å². The molecule has 246 valence electrons. The molecule has 1 saturated heterocycles. The van der Waals surface area contributed by atoms with Crippen LogP contribution < -0.4 is 5.73 Å². The molecule has 3 amide bonds. The number of fused-ring (bicyclic) bond motifs is 1. The van der Waals surface area contributed by atoms with E-state index in [0.29, 0.717) is 19.3 Å². The van der Waals surface area contributed by atoms with E-state index in [-0.39, 0.29) is 17.7 Å². The summed E-state index contributed by atoms with van der Waals surface area (Å²) in [5.74, 6) is -0.700. The van der Waals surface area contributed by atoms with Gasteiger partial charge in [0.25, 0.3) is 5.91 Å². The summed E-state index contributed by atoms with van der Waals surface area (Å²) in [4.78, 5) is 45.4. The van der Waals surface area contributed by atoms with Crippen LogP contribution in [0.3, 0.4) is 0 Å². The summed E-state index contributed by atoms with van der Waals surface area (Å²) in [5, 5.41) is 5.95. The first-order valence-electron chi connectivity index (χ1n) is 16.5. The Balaban J connectivity index is 1.66. The first-order valence-corrected chi connectivity index (χ1v) is 16.5. The van der Waals surface area contributed by atoms with E-state index in [1.54, 1.807) is 37.1 Å². The zero-order valence-corrected chi connectivity index (χ0v) is 28.2. The van der Waals surface area contributed by atoms with E-state index < -0.39 is 17.6 Å². The number of nitrogens with zero attached hydrogens (tertiary/aromatic N) is 4. The monoisotopic (exact) mass is 625 g/mol. The number of rotatable bonds is 13. The number of likely N-dealkylation sites (N-methyl/N-ethyl adjacent to an activating group) is 3. The van der Waals surface area contributed by atoms with Gasteiger partial charge in [0.15, 0.2) is 0 Å². The molecule has 1 heterocycles. The molecule has 3 aromatic rings. The van der Waals surface area contributed by atoms with Crippen LogP contribution in [0.15, 0.2) is 84.9 Å². The van der Waals surface area contributed by atoms with Crippen LogP contribution in [0.2, 0.25) is 0 Å². The third-order valence-corrected chi connectivity index (χ3v) is 9.44. The highest BCUT2D eigenvalue weighted by Crippen LogP contribution is 2.22. The summed E-state index contributed by atoms with van der Waals surface area (Å²) in [5.41, 5.74) is 7.79. The van der Waals surface area contributed by atoms with Crippen molar-refractivity contribution in [2.45, 2.75) is 76.4 Å². The Morgan fingerprint density at radius 2 is 1.41 bits per heavy atom. The molecule has 4 rings (SSSR count). The molecule has 0 radical (unpaired) electrons. The second-order valence-corrected chi connectivity index (χ2v) is 13.0. The lowest BCUT2D eigenvalue weighted by Gasteiger charge is -2.40. The lowest BCUT2D eigenvalue weighted by Crippen LogP contribution is -2.58. The predicted molar refractivity (Wildman–Crippen MR) is 186 cm³/mol. The SMILES string of the molecule is CCC(C)(N)C/C=C/C(=O)N(C)[C@H](Cc1ccc2ccccc2c1)C(=O)N(C)C(Cc1ccccc1)C(=O)N(C)N1CCCCC1. The molecular formula is C38H51N5O3. The van der Waals surface area contributed by atoms with Gasteiger partial charge in [-0.25, -0.2) is 5.01 Å². The van der Waals surface area contributed by atoms with Crippen LogP contribution in [0.1, 0.15) is 57.1 Å². The molecule has 46 heavy (non-hydrogen) atoms. The Bertz CT molecular complexity index is 1500. The summed E-state index contributed by atoms with van der Waals surface area (Å²) in [7, 11) is 5.17. The highest BCUT2D eigenvalue weighted by Gasteiger charge is 2.37. The molecular weight excluding hydrogens is 574 g/mol.